The molecule has 2 heteroatoms. The molecule has 0 saturated heterocycles. The van der Waals surface area contributed by atoms with Crippen LogP contribution in [0.2, 0.25) is 0 Å². The van der Waals surface area contributed by atoms with Gasteiger partial charge in [-0.3, -0.25) is 0 Å². The molecule has 0 saturated carbocycles. The lowest BCUT2D eigenvalue weighted by Crippen LogP contribution is -2.08. The number of hydrogen-bond donors (Lipinski definition) is 1. The van der Waals surface area contributed by atoms with E-state index in [0.29, 0.717) is 5.92 Å². The van der Waals surface area contributed by atoms with Crippen molar-refractivity contribution in [3.05, 3.63) is 29.8 Å². The van der Waals surface area contributed by atoms with Crippen molar-refractivity contribution in [1.82, 2.24) is 0 Å². The van der Waals surface area contributed by atoms with Gasteiger partial charge in [0.2, 0.25) is 0 Å². The lowest BCUT2D eigenvalue weighted by molar-refractivity contribution is 0.0646. The van der Waals surface area contributed by atoms with Gasteiger partial charge in [-0.05, 0) is 23.6 Å². The fraction of sp³-hybridized carbons (Fsp3) is 0.455. The Labute approximate surface area is 79.7 Å². The molecule has 0 aliphatic rings. The number of nitrogens with two attached hydrogens (primary N) is 1. The summed E-state index contributed by atoms with van der Waals surface area (Å²) >= 11 is 0. The number of hydrogen-bond acceptors (Lipinski definition) is 2. The van der Waals surface area contributed by atoms with Gasteiger partial charge in [-0.15, -0.1) is 0 Å². The van der Waals surface area contributed by atoms with E-state index in [4.69, 9.17) is 10.5 Å². The molecule has 0 radical (unpaired) electrons. The molecule has 1 aromatic carbocycles. The van der Waals surface area contributed by atoms with Crippen molar-refractivity contribution in [2.45, 2.75) is 20.0 Å². The van der Waals surface area contributed by atoms with Crippen molar-refractivity contribution in [1.29, 1.82) is 0 Å². The summed E-state index contributed by atoms with van der Waals surface area (Å²) in [4.78, 5) is 0. The molecule has 2 N–H and O–H groups in total. The first-order valence-corrected chi connectivity index (χ1v) is 4.53. The molecule has 0 aliphatic carbocycles. The molecule has 2 nitrogen and oxygen atoms in total. The van der Waals surface area contributed by atoms with Crippen molar-refractivity contribution in [2.24, 2.45) is 5.92 Å². The van der Waals surface area contributed by atoms with E-state index in [1.807, 2.05) is 24.3 Å². The lowest BCUT2D eigenvalue weighted by atomic mass is 9.99. The zero-order valence-corrected chi connectivity index (χ0v) is 8.45. The van der Waals surface area contributed by atoms with Crippen LogP contribution in [0, 0.1) is 5.92 Å². The van der Waals surface area contributed by atoms with E-state index >= 15 is 0 Å². The van der Waals surface area contributed by atoms with E-state index in [1.165, 1.54) is 5.56 Å². The first-order valence-electron chi connectivity index (χ1n) is 4.53. The summed E-state index contributed by atoms with van der Waals surface area (Å²) in [6.45, 7) is 4.29. The number of rotatable bonds is 3. The maximum Gasteiger partial charge on any atom is 0.0844 e. The van der Waals surface area contributed by atoms with E-state index in [-0.39, 0.29) is 6.10 Å². The normalized spacial score (nSPS) is 13.2. The van der Waals surface area contributed by atoms with Gasteiger partial charge in [0, 0.05) is 12.8 Å². The van der Waals surface area contributed by atoms with E-state index in [0.717, 1.165) is 5.69 Å². The van der Waals surface area contributed by atoms with Crippen LogP contribution >= 0.6 is 0 Å². The Morgan fingerprint density at radius 1 is 1.15 bits per heavy atom. The van der Waals surface area contributed by atoms with Crippen molar-refractivity contribution in [2.75, 3.05) is 12.8 Å². The number of methoxy groups -OCH3 is 1. The fourth-order valence-electron chi connectivity index (χ4n) is 1.48. The van der Waals surface area contributed by atoms with Gasteiger partial charge in [-0.2, -0.15) is 0 Å². The third-order valence-electron chi connectivity index (χ3n) is 2.12. The van der Waals surface area contributed by atoms with Crippen LogP contribution in [0.25, 0.3) is 0 Å². The zero-order chi connectivity index (χ0) is 9.84. The minimum Gasteiger partial charge on any atom is -0.399 e. The summed E-state index contributed by atoms with van der Waals surface area (Å²) in [5, 5.41) is 0. The fourth-order valence-corrected chi connectivity index (χ4v) is 1.48. The molecule has 0 bridgehead atoms. The van der Waals surface area contributed by atoms with Crippen molar-refractivity contribution in [3.63, 3.8) is 0 Å². The summed E-state index contributed by atoms with van der Waals surface area (Å²) in [7, 11) is 1.74. The number of anilines is 1. The molecule has 0 heterocycles. The molecular formula is C11H17NO. The monoisotopic (exact) mass is 179 g/mol. The summed E-state index contributed by atoms with van der Waals surface area (Å²) in [5.41, 5.74) is 7.58. The van der Waals surface area contributed by atoms with Gasteiger partial charge in [0.25, 0.3) is 0 Å². The third-order valence-corrected chi connectivity index (χ3v) is 2.12. The zero-order valence-electron chi connectivity index (χ0n) is 8.45. The van der Waals surface area contributed by atoms with Gasteiger partial charge >= 0.3 is 0 Å². The minimum atomic E-state index is 0.167. The van der Waals surface area contributed by atoms with Crippen LogP contribution in [0.15, 0.2) is 24.3 Å². The Morgan fingerprint density at radius 3 is 2.08 bits per heavy atom. The molecule has 0 fully saturated rings. The largest absolute Gasteiger partial charge is 0.399 e. The second-order valence-electron chi connectivity index (χ2n) is 3.57. The molecule has 1 aromatic rings. The predicted octanol–water partition coefficient (Wildman–Crippen LogP) is 2.61. The van der Waals surface area contributed by atoms with Crippen LogP contribution < -0.4 is 5.73 Å². The number of ether oxygens (including phenoxy) is 1. The summed E-state index contributed by atoms with van der Waals surface area (Å²) < 4.78 is 5.40. The SMILES string of the molecule is COC(c1ccc(N)cc1)C(C)C. The van der Waals surface area contributed by atoms with E-state index in [9.17, 15) is 0 Å². The standard InChI is InChI=1S/C11H17NO/c1-8(2)11(13-3)9-4-6-10(12)7-5-9/h4-8,11H,12H2,1-3H3. The van der Waals surface area contributed by atoms with Crippen LogP contribution in [-0.2, 0) is 4.74 Å². The molecule has 1 unspecified atom stereocenters. The Kier molecular flexibility index (Phi) is 3.32. The van der Waals surface area contributed by atoms with Gasteiger partial charge in [-0.25, -0.2) is 0 Å². The first-order chi connectivity index (χ1) is 6.15. The molecule has 1 atom stereocenters. The van der Waals surface area contributed by atoms with Crippen LogP contribution in [-0.4, -0.2) is 7.11 Å². The average molecular weight is 179 g/mol. The molecule has 1 rings (SSSR count). The highest BCUT2D eigenvalue weighted by Crippen LogP contribution is 2.25. The second-order valence-corrected chi connectivity index (χ2v) is 3.57. The molecule has 13 heavy (non-hydrogen) atoms. The van der Waals surface area contributed by atoms with Gasteiger partial charge in [0.15, 0.2) is 0 Å². The van der Waals surface area contributed by atoms with Gasteiger partial charge in [0.1, 0.15) is 0 Å². The van der Waals surface area contributed by atoms with Crippen LogP contribution in [0.4, 0.5) is 5.69 Å². The highest BCUT2D eigenvalue weighted by atomic mass is 16.5. The Balaban J connectivity index is 2.86. The molecule has 72 valence electrons. The van der Waals surface area contributed by atoms with E-state index in [2.05, 4.69) is 13.8 Å². The second kappa shape index (κ2) is 4.28. The molecular weight excluding hydrogens is 162 g/mol. The van der Waals surface area contributed by atoms with Crippen LogP contribution in [0.5, 0.6) is 0 Å². The Hall–Kier alpha value is -1.02. The quantitative estimate of drug-likeness (QED) is 0.724. The maximum atomic E-state index is 5.60. The minimum absolute atomic E-state index is 0.167. The highest BCUT2D eigenvalue weighted by Gasteiger charge is 2.13. The predicted molar refractivity (Wildman–Crippen MR) is 55.4 cm³/mol. The molecule has 0 spiro atoms. The topological polar surface area (TPSA) is 35.2 Å². The van der Waals surface area contributed by atoms with Crippen molar-refractivity contribution >= 4 is 5.69 Å². The molecule has 0 aromatic heterocycles. The Bertz CT molecular complexity index is 253. The van der Waals surface area contributed by atoms with Crippen molar-refractivity contribution < 1.29 is 4.74 Å². The van der Waals surface area contributed by atoms with Crippen LogP contribution in [0.3, 0.4) is 0 Å². The summed E-state index contributed by atoms with van der Waals surface area (Å²) in [6.07, 6.45) is 0.167. The molecule has 0 amide bonds. The van der Waals surface area contributed by atoms with Crippen LogP contribution in [0.1, 0.15) is 25.5 Å². The number of nitrogen functional groups attached to an aromatic ring is 1. The lowest BCUT2D eigenvalue weighted by Gasteiger charge is -2.19. The summed E-state index contributed by atoms with van der Waals surface area (Å²) in [5.74, 6) is 0.480. The van der Waals surface area contributed by atoms with Crippen molar-refractivity contribution in [3.8, 4) is 0 Å². The van der Waals surface area contributed by atoms with Gasteiger partial charge in [0.05, 0.1) is 6.10 Å². The summed E-state index contributed by atoms with van der Waals surface area (Å²) in [6, 6.07) is 7.85. The van der Waals surface area contributed by atoms with E-state index in [1.54, 1.807) is 7.11 Å². The third kappa shape index (κ3) is 2.46. The van der Waals surface area contributed by atoms with Gasteiger partial charge in [-0.1, -0.05) is 26.0 Å². The molecule has 0 aliphatic heterocycles. The number of benzene rings is 1. The Morgan fingerprint density at radius 2 is 1.69 bits per heavy atom. The smallest absolute Gasteiger partial charge is 0.0844 e. The van der Waals surface area contributed by atoms with Gasteiger partial charge < -0.3 is 10.5 Å². The highest BCUT2D eigenvalue weighted by molar-refractivity contribution is 5.39. The first kappa shape index (κ1) is 10.1. The average Bonchev–Trinajstić information content (AvgIpc) is 2.09. The van der Waals surface area contributed by atoms with E-state index < -0.39 is 0 Å². The maximum absolute atomic E-state index is 5.60.